The average molecular weight is 257 g/mol. The van der Waals surface area contributed by atoms with Gasteiger partial charge in [-0.25, -0.2) is 4.79 Å². The number of furan rings is 1. The lowest BCUT2D eigenvalue weighted by atomic mass is 10.1. The smallest absolute Gasteiger partial charge is 0.240 e. The standard InChI is InChI=1S/C14H11NO4/c1-9(17)12-5-6-13(19-12)11-4-3-10(15-8-16)7-14(11)18-2/h3-7H,1-2H3. The molecule has 0 atom stereocenters. The van der Waals surface area contributed by atoms with Crippen molar-refractivity contribution in [3.63, 3.8) is 0 Å². The molecule has 0 radical (unpaired) electrons. The van der Waals surface area contributed by atoms with Crippen LogP contribution in [-0.4, -0.2) is 19.0 Å². The first kappa shape index (κ1) is 12.8. The number of Topliss-reactive ketones (excluding diaryl/α,β-unsaturated/α-hetero) is 1. The zero-order valence-electron chi connectivity index (χ0n) is 10.5. The van der Waals surface area contributed by atoms with Gasteiger partial charge in [0.2, 0.25) is 6.08 Å². The Morgan fingerprint density at radius 3 is 2.68 bits per heavy atom. The number of methoxy groups -OCH3 is 1. The number of hydrogen-bond donors (Lipinski definition) is 0. The van der Waals surface area contributed by atoms with Crippen LogP contribution in [-0.2, 0) is 4.79 Å². The molecule has 0 spiro atoms. The molecule has 0 unspecified atom stereocenters. The van der Waals surface area contributed by atoms with Crippen LogP contribution in [0.15, 0.2) is 39.7 Å². The van der Waals surface area contributed by atoms with Crippen LogP contribution in [0, 0.1) is 0 Å². The molecule has 0 N–H and O–H groups in total. The predicted octanol–water partition coefficient (Wildman–Crippen LogP) is 3.13. The van der Waals surface area contributed by atoms with E-state index in [0.29, 0.717) is 22.8 Å². The largest absolute Gasteiger partial charge is 0.496 e. The number of ketones is 1. The average Bonchev–Trinajstić information content (AvgIpc) is 2.88. The van der Waals surface area contributed by atoms with Crippen LogP contribution in [0.25, 0.3) is 11.3 Å². The Morgan fingerprint density at radius 2 is 2.11 bits per heavy atom. The van der Waals surface area contributed by atoms with E-state index in [1.807, 2.05) is 0 Å². The lowest BCUT2D eigenvalue weighted by Crippen LogP contribution is -1.88. The van der Waals surface area contributed by atoms with Gasteiger partial charge in [0.1, 0.15) is 11.5 Å². The van der Waals surface area contributed by atoms with E-state index >= 15 is 0 Å². The second-order valence-corrected chi connectivity index (χ2v) is 3.81. The normalized spacial score (nSPS) is 9.79. The van der Waals surface area contributed by atoms with E-state index in [-0.39, 0.29) is 11.5 Å². The minimum absolute atomic E-state index is 0.146. The van der Waals surface area contributed by atoms with Crippen molar-refractivity contribution in [2.24, 2.45) is 4.99 Å². The highest BCUT2D eigenvalue weighted by Crippen LogP contribution is 2.34. The maximum atomic E-state index is 11.2. The Bertz CT molecular complexity index is 666. The monoisotopic (exact) mass is 257 g/mol. The number of hydrogen-bond acceptors (Lipinski definition) is 5. The Balaban J connectivity index is 2.48. The maximum Gasteiger partial charge on any atom is 0.240 e. The first-order valence-electron chi connectivity index (χ1n) is 5.52. The number of rotatable bonds is 4. The van der Waals surface area contributed by atoms with Crippen LogP contribution in [0.4, 0.5) is 5.69 Å². The van der Waals surface area contributed by atoms with Crippen molar-refractivity contribution in [2.45, 2.75) is 6.92 Å². The zero-order valence-corrected chi connectivity index (χ0v) is 10.5. The zero-order chi connectivity index (χ0) is 13.8. The highest BCUT2D eigenvalue weighted by molar-refractivity contribution is 5.92. The molecule has 2 aromatic rings. The molecule has 0 saturated carbocycles. The summed E-state index contributed by atoms with van der Waals surface area (Å²) < 4.78 is 10.7. The molecule has 0 aliphatic heterocycles. The summed E-state index contributed by atoms with van der Waals surface area (Å²) in [6, 6.07) is 8.23. The van der Waals surface area contributed by atoms with Gasteiger partial charge in [-0.05, 0) is 24.3 Å². The number of benzene rings is 1. The Morgan fingerprint density at radius 1 is 1.32 bits per heavy atom. The summed E-state index contributed by atoms with van der Waals surface area (Å²) in [5.41, 5.74) is 1.12. The van der Waals surface area contributed by atoms with Crippen LogP contribution in [0.5, 0.6) is 5.75 Å². The highest BCUT2D eigenvalue weighted by atomic mass is 16.5. The lowest BCUT2D eigenvalue weighted by Gasteiger charge is -2.06. The molecule has 0 fully saturated rings. The van der Waals surface area contributed by atoms with E-state index in [0.717, 1.165) is 0 Å². The third-order valence-corrected chi connectivity index (χ3v) is 2.58. The molecule has 1 aromatic carbocycles. The second-order valence-electron chi connectivity index (χ2n) is 3.81. The van der Waals surface area contributed by atoms with Gasteiger partial charge in [-0.1, -0.05) is 0 Å². The summed E-state index contributed by atoms with van der Waals surface area (Å²) in [7, 11) is 1.50. The van der Waals surface area contributed by atoms with Crippen molar-refractivity contribution < 1.29 is 18.7 Å². The summed E-state index contributed by atoms with van der Waals surface area (Å²) in [5, 5.41) is 0. The van der Waals surface area contributed by atoms with E-state index in [4.69, 9.17) is 9.15 Å². The van der Waals surface area contributed by atoms with Gasteiger partial charge in [-0.15, -0.1) is 0 Å². The molecule has 1 heterocycles. The molecular weight excluding hydrogens is 246 g/mol. The summed E-state index contributed by atoms with van der Waals surface area (Å²) >= 11 is 0. The van der Waals surface area contributed by atoms with Crippen LogP contribution < -0.4 is 4.74 Å². The molecule has 2 rings (SSSR count). The molecule has 0 bridgehead atoms. The number of isocyanates is 1. The number of nitrogens with zero attached hydrogens (tertiary/aromatic N) is 1. The SMILES string of the molecule is COc1cc(N=C=O)ccc1-c1ccc(C(C)=O)o1. The van der Waals surface area contributed by atoms with Crippen LogP contribution >= 0.6 is 0 Å². The van der Waals surface area contributed by atoms with Gasteiger partial charge in [0.25, 0.3) is 0 Å². The summed E-state index contributed by atoms with van der Waals surface area (Å²) in [5.74, 6) is 1.16. The molecule has 5 heteroatoms. The minimum atomic E-state index is -0.146. The Hall–Kier alpha value is -2.65. The number of aliphatic imine (C=N–C) groups is 1. The van der Waals surface area contributed by atoms with Crippen LogP contribution in [0.2, 0.25) is 0 Å². The van der Waals surface area contributed by atoms with Crippen molar-refractivity contribution in [1.29, 1.82) is 0 Å². The van der Waals surface area contributed by atoms with Crippen molar-refractivity contribution in [3.8, 4) is 17.1 Å². The van der Waals surface area contributed by atoms with E-state index in [2.05, 4.69) is 4.99 Å². The molecule has 0 amide bonds. The third kappa shape index (κ3) is 2.61. The first-order chi connectivity index (χ1) is 9.15. The second kappa shape index (κ2) is 5.33. The fraction of sp³-hybridized carbons (Fsp3) is 0.143. The maximum absolute atomic E-state index is 11.2. The van der Waals surface area contributed by atoms with Crippen molar-refractivity contribution in [3.05, 3.63) is 36.1 Å². The third-order valence-electron chi connectivity index (χ3n) is 2.58. The molecule has 0 saturated heterocycles. The van der Waals surface area contributed by atoms with Gasteiger partial charge in [-0.3, -0.25) is 4.79 Å². The molecule has 1 aromatic heterocycles. The lowest BCUT2D eigenvalue weighted by molar-refractivity contribution is 0.0988. The van der Waals surface area contributed by atoms with Gasteiger partial charge < -0.3 is 9.15 Å². The van der Waals surface area contributed by atoms with Crippen LogP contribution in [0.1, 0.15) is 17.5 Å². The van der Waals surface area contributed by atoms with E-state index in [9.17, 15) is 9.59 Å². The Labute approximate surface area is 109 Å². The summed E-state index contributed by atoms with van der Waals surface area (Å²) in [6.07, 6.45) is 1.46. The van der Waals surface area contributed by atoms with Gasteiger partial charge >= 0.3 is 0 Å². The van der Waals surface area contributed by atoms with Crippen molar-refractivity contribution in [1.82, 2.24) is 0 Å². The van der Waals surface area contributed by atoms with Crippen molar-refractivity contribution in [2.75, 3.05) is 7.11 Å². The molecular formula is C14H11NO4. The molecule has 0 aliphatic rings. The first-order valence-corrected chi connectivity index (χ1v) is 5.52. The van der Waals surface area contributed by atoms with Gasteiger partial charge in [0.15, 0.2) is 11.5 Å². The van der Waals surface area contributed by atoms with Gasteiger partial charge in [0.05, 0.1) is 18.4 Å². The quantitative estimate of drug-likeness (QED) is 0.479. The number of carbonyl (C=O) groups excluding carboxylic acids is 2. The van der Waals surface area contributed by atoms with Gasteiger partial charge in [0, 0.05) is 13.0 Å². The van der Waals surface area contributed by atoms with Gasteiger partial charge in [-0.2, -0.15) is 4.99 Å². The molecule has 19 heavy (non-hydrogen) atoms. The van der Waals surface area contributed by atoms with Crippen molar-refractivity contribution >= 4 is 17.6 Å². The van der Waals surface area contributed by atoms with E-state index in [1.54, 1.807) is 30.3 Å². The minimum Gasteiger partial charge on any atom is -0.496 e. The van der Waals surface area contributed by atoms with Crippen LogP contribution in [0.3, 0.4) is 0 Å². The fourth-order valence-electron chi connectivity index (χ4n) is 1.68. The highest BCUT2D eigenvalue weighted by Gasteiger charge is 2.12. The molecule has 96 valence electrons. The molecule has 5 nitrogen and oxygen atoms in total. The van der Waals surface area contributed by atoms with E-state index in [1.165, 1.54) is 20.1 Å². The predicted molar refractivity (Wildman–Crippen MR) is 68.5 cm³/mol. The number of ether oxygens (including phenoxy) is 1. The topological polar surface area (TPSA) is 68.9 Å². The Kier molecular flexibility index (Phi) is 3.59. The summed E-state index contributed by atoms with van der Waals surface area (Å²) in [6.45, 7) is 1.43. The van der Waals surface area contributed by atoms with E-state index < -0.39 is 0 Å². The summed E-state index contributed by atoms with van der Waals surface area (Å²) in [4.78, 5) is 24.9. The fourth-order valence-corrected chi connectivity index (χ4v) is 1.68. The molecule has 0 aliphatic carbocycles. The number of carbonyl (C=O) groups is 1.